The second kappa shape index (κ2) is 4.72. The Hall–Kier alpha value is -0.610. The number of nitrogens with one attached hydrogen (secondary N) is 1. The van der Waals surface area contributed by atoms with E-state index in [4.69, 9.17) is 4.98 Å². The summed E-state index contributed by atoms with van der Waals surface area (Å²) in [5, 5.41) is 4.70. The van der Waals surface area contributed by atoms with Crippen LogP contribution < -0.4 is 10.2 Å². The molecule has 0 aromatic carbocycles. The standard InChI is InChI=1S/C12H19N3S/c1-2-4-8-15(7-3-1)12-14-10-5-6-13-9-11(10)16-12/h13H,1-9H2. The van der Waals surface area contributed by atoms with Gasteiger partial charge < -0.3 is 10.2 Å². The summed E-state index contributed by atoms with van der Waals surface area (Å²) in [5.41, 5.74) is 1.35. The van der Waals surface area contributed by atoms with E-state index in [1.54, 1.807) is 0 Å². The van der Waals surface area contributed by atoms with Gasteiger partial charge in [-0.05, 0) is 12.8 Å². The SMILES string of the molecule is C1CCCN(c2nc3c(s2)CNCC3)CC1. The first-order valence-electron chi connectivity index (χ1n) is 6.38. The van der Waals surface area contributed by atoms with E-state index in [2.05, 4.69) is 10.2 Å². The number of thiazole rings is 1. The maximum atomic E-state index is 4.82. The highest BCUT2D eigenvalue weighted by Gasteiger charge is 2.19. The minimum absolute atomic E-state index is 1.03. The summed E-state index contributed by atoms with van der Waals surface area (Å²) in [6.45, 7) is 4.54. The molecule has 0 radical (unpaired) electrons. The second-order valence-corrected chi connectivity index (χ2v) is 5.76. The topological polar surface area (TPSA) is 28.2 Å². The Balaban J connectivity index is 1.79. The molecule has 3 rings (SSSR count). The zero-order valence-electron chi connectivity index (χ0n) is 9.67. The molecule has 1 aromatic rings. The third-order valence-corrected chi connectivity index (χ3v) is 4.63. The van der Waals surface area contributed by atoms with E-state index in [-0.39, 0.29) is 0 Å². The van der Waals surface area contributed by atoms with Crippen molar-refractivity contribution in [2.24, 2.45) is 0 Å². The number of hydrogen-bond donors (Lipinski definition) is 1. The van der Waals surface area contributed by atoms with Crippen LogP contribution in [0.5, 0.6) is 0 Å². The van der Waals surface area contributed by atoms with Crippen molar-refractivity contribution in [1.82, 2.24) is 10.3 Å². The average molecular weight is 237 g/mol. The molecule has 2 aliphatic rings. The molecule has 0 unspecified atom stereocenters. The first kappa shape index (κ1) is 10.5. The normalized spacial score (nSPS) is 21.6. The van der Waals surface area contributed by atoms with E-state index in [1.807, 2.05) is 11.3 Å². The van der Waals surface area contributed by atoms with Crippen molar-refractivity contribution in [3.05, 3.63) is 10.6 Å². The number of anilines is 1. The van der Waals surface area contributed by atoms with Crippen LogP contribution in [0.2, 0.25) is 0 Å². The summed E-state index contributed by atoms with van der Waals surface area (Å²) in [6.07, 6.45) is 6.57. The molecule has 1 saturated heterocycles. The van der Waals surface area contributed by atoms with E-state index in [1.165, 1.54) is 54.5 Å². The van der Waals surface area contributed by atoms with E-state index < -0.39 is 0 Å². The molecule has 2 aliphatic heterocycles. The fourth-order valence-corrected chi connectivity index (χ4v) is 3.64. The molecule has 4 heteroatoms. The van der Waals surface area contributed by atoms with Gasteiger partial charge in [0.2, 0.25) is 0 Å². The largest absolute Gasteiger partial charge is 0.348 e. The minimum atomic E-state index is 1.03. The second-order valence-electron chi connectivity index (χ2n) is 4.69. The molecule has 1 aromatic heterocycles. The van der Waals surface area contributed by atoms with Crippen molar-refractivity contribution in [2.75, 3.05) is 24.5 Å². The Morgan fingerprint density at radius 2 is 1.94 bits per heavy atom. The van der Waals surface area contributed by atoms with Crippen molar-refractivity contribution >= 4 is 16.5 Å². The van der Waals surface area contributed by atoms with Gasteiger partial charge in [-0.2, -0.15) is 0 Å². The molecule has 16 heavy (non-hydrogen) atoms. The summed E-state index contributed by atoms with van der Waals surface area (Å²) in [5.74, 6) is 0. The smallest absolute Gasteiger partial charge is 0.185 e. The highest BCUT2D eigenvalue weighted by molar-refractivity contribution is 7.15. The van der Waals surface area contributed by atoms with Crippen molar-refractivity contribution in [3.63, 3.8) is 0 Å². The van der Waals surface area contributed by atoms with Crippen LogP contribution in [0.15, 0.2) is 0 Å². The number of hydrogen-bond acceptors (Lipinski definition) is 4. The monoisotopic (exact) mass is 237 g/mol. The van der Waals surface area contributed by atoms with Gasteiger partial charge in [0.25, 0.3) is 0 Å². The number of rotatable bonds is 1. The predicted octanol–water partition coefficient (Wildman–Crippen LogP) is 2.17. The van der Waals surface area contributed by atoms with Gasteiger partial charge in [-0.1, -0.05) is 12.8 Å². The molecule has 0 bridgehead atoms. The first-order valence-corrected chi connectivity index (χ1v) is 7.19. The number of fused-ring (bicyclic) bond motifs is 1. The van der Waals surface area contributed by atoms with Crippen molar-refractivity contribution < 1.29 is 0 Å². The predicted molar refractivity (Wildman–Crippen MR) is 68.2 cm³/mol. The fourth-order valence-electron chi connectivity index (χ4n) is 2.51. The minimum Gasteiger partial charge on any atom is -0.348 e. The van der Waals surface area contributed by atoms with Crippen LogP contribution in [0.25, 0.3) is 0 Å². The Bertz CT molecular complexity index is 330. The fraction of sp³-hybridized carbons (Fsp3) is 0.750. The van der Waals surface area contributed by atoms with Crippen LogP contribution in [0.1, 0.15) is 36.3 Å². The van der Waals surface area contributed by atoms with E-state index in [0.717, 1.165) is 19.5 Å². The third kappa shape index (κ3) is 2.09. The Labute approximate surface area is 101 Å². The lowest BCUT2D eigenvalue weighted by Crippen LogP contribution is -2.24. The highest BCUT2D eigenvalue weighted by atomic mass is 32.1. The average Bonchev–Trinajstić information content (AvgIpc) is 2.56. The van der Waals surface area contributed by atoms with Gasteiger partial charge in [0, 0.05) is 37.5 Å². The van der Waals surface area contributed by atoms with E-state index in [0.29, 0.717) is 0 Å². The Kier molecular flexibility index (Phi) is 3.11. The van der Waals surface area contributed by atoms with E-state index in [9.17, 15) is 0 Å². The molecule has 0 aliphatic carbocycles. The molecule has 0 atom stereocenters. The summed E-state index contributed by atoms with van der Waals surface area (Å²) < 4.78 is 0. The summed E-state index contributed by atoms with van der Waals surface area (Å²) in [6, 6.07) is 0. The molecular formula is C12H19N3S. The van der Waals surface area contributed by atoms with Gasteiger partial charge in [-0.25, -0.2) is 4.98 Å². The first-order chi connectivity index (χ1) is 7.93. The summed E-state index contributed by atoms with van der Waals surface area (Å²) >= 11 is 1.90. The highest BCUT2D eigenvalue weighted by Crippen LogP contribution is 2.29. The Morgan fingerprint density at radius 3 is 2.69 bits per heavy atom. The maximum Gasteiger partial charge on any atom is 0.185 e. The molecule has 0 saturated carbocycles. The van der Waals surface area contributed by atoms with Gasteiger partial charge in [-0.3, -0.25) is 0 Å². The van der Waals surface area contributed by atoms with Crippen LogP contribution in [0, 0.1) is 0 Å². The van der Waals surface area contributed by atoms with Gasteiger partial charge in [0.1, 0.15) is 0 Å². The van der Waals surface area contributed by atoms with Gasteiger partial charge in [-0.15, -0.1) is 11.3 Å². The van der Waals surface area contributed by atoms with E-state index >= 15 is 0 Å². The lowest BCUT2D eigenvalue weighted by molar-refractivity contribution is 0.643. The van der Waals surface area contributed by atoms with Crippen molar-refractivity contribution in [1.29, 1.82) is 0 Å². The maximum absolute atomic E-state index is 4.82. The lowest BCUT2D eigenvalue weighted by Gasteiger charge is -2.18. The lowest BCUT2D eigenvalue weighted by atomic mass is 10.2. The third-order valence-electron chi connectivity index (χ3n) is 3.47. The van der Waals surface area contributed by atoms with Crippen molar-refractivity contribution in [3.8, 4) is 0 Å². The molecule has 0 amide bonds. The van der Waals surface area contributed by atoms with Crippen LogP contribution in [-0.2, 0) is 13.0 Å². The molecule has 88 valence electrons. The molecule has 3 heterocycles. The molecule has 1 fully saturated rings. The van der Waals surface area contributed by atoms with Crippen LogP contribution in [-0.4, -0.2) is 24.6 Å². The quantitative estimate of drug-likeness (QED) is 0.811. The zero-order chi connectivity index (χ0) is 10.8. The Morgan fingerprint density at radius 1 is 1.12 bits per heavy atom. The summed E-state index contributed by atoms with van der Waals surface area (Å²) in [7, 11) is 0. The van der Waals surface area contributed by atoms with Crippen LogP contribution in [0.3, 0.4) is 0 Å². The number of nitrogens with zero attached hydrogens (tertiary/aromatic N) is 2. The van der Waals surface area contributed by atoms with Crippen LogP contribution in [0.4, 0.5) is 5.13 Å². The van der Waals surface area contributed by atoms with Crippen molar-refractivity contribution in [2.45, 2.75) is 38.6 Å². The molecule has 1 N–H and O–H groups in total. The molecular weight excluding hydrogens is 218 g/mol. The van der Waals surface area contributed by atoms with Gasteiger partial charge in [0.05, 0.1) is 5.69 Å². The summed E-state index contributed by atoms with van der Waals surface area (Å²) in [4.78, 5) is 8.78. The van der Waals surface area contributed by atoms with Gasteiger partial charge >= 0.3 is 0 Å². The zero-order valence-corrected chi connectivity index (χ0v) is 10.5. The molecule has 0 spiro atoms. The van der Waals surface area contributed by atoms with Crippen LogP contribution >= 0.6 is 11.3 Å². The number of aromatic nitrogens is 1. The van der Waals surface area contributed by atoms with Gasteiger partial charge in [0.15, 0.2) is 5.13 Å². The molecule has 3 nitrogen and oxygen atoms in total.